The van der Waals surface area contributed by atoms with E-state index >= 15 is 0 Å². The first-order chi connectivity index (χ1) is 13.6. The molecule has 0 radical (unpaired) electrons. The molecule has 150 valence electrons. The lowest BCUT2D eigenvalue weighted by molar-refractivity contribution is 0.0933. The number of nitrogens with one attached hydrogen (secondary N) is 1. The summed E-state index contributed by atoms with van der Waals surface area (Å²) in [6.07, 6.45) is 2.39. The van der Waals surface area contributed by atoms with Crippen molar-refractivity contribution in [2.45, 2.75) is 26.4 Å². The molecule has 5 heteroatoms. The Labute approximate surface area is 167 Å². The zero-order valence-corrected chi connectivity index (χ0v) is 16.8. The number of aliphatic hydroxyl groups is 1. The minimum Gasteiger partial charge on any atom is -0.496 e. The minimum absolute atomic E-state index is 0.0223. The predicted molar refractivity (Wildman–Crippen MR) is 112 cm³/mol. The number of aliphatic hydroxyl groups excluding tert-OH is 1. The molecule has 1 atom stereocenters. The number of carbonyl (C=O) groups is 1. The number of methoxy groups -OCH3 is 1. The zero-order valence-electron chi connectivity index (χ0n) is 16.8. The van der Waals surface area contributed by atoms with Gasteiger partial charge in [-0.05, 0) is 67.2 Å². The van der Waals surface area contributed by atoms with Gasteiger partial charge in [-0.1, -0.05) is 25.1 Å². The van der Waals surface area contributed by atoms with Crippen molar-refractivity contribution in [3.05, 3.63) is 53.6 Å². The van der Waals surface area contributed by atoms with E-state index in [-0.39, 0.29) is 12.5 Å². The summed E-state index contributed by atoms with van der Waals surface area (Å²) in [5.41, 5.74) is 3.40. The maximum atomic E-state index is 12.5. The van der Waals surface area contributed by atoms with Crippen LogP contribution in [0.3, 0.4) is 0 Å². The third kappa shape index (κ3) is 4.91. The van der Waals surface area contributed by atoms with Crippen LogP contribution in [0.5, 0.6) is 5.75 Å². The van der Waals surface area contributed by atoms with Gasteiger partial charge in [0, 0.05) is 24.2 Å². The molecule has 0 aliphatic carbocycles. The summed E-state index contributed by atoms with van der Waals surface area (Å²) in [7, 11) is 1.59. The molecule has 2 aromatic rings. The van der Waals surface area contributed by atoms with Gasteiger partial charge < -0.3 is 20.1 Å². The first kappa shape index (κ1) is 20.4. The number of hydrogen-bond acceptors (Lipinski definition) is 4. The fourth-order valence-corrected chi connectivity index (χ4v) is 3.84. The van der Waals surface area contributed by atoms with Crippen molar-refractivity contribution in [3.63, 3.8) is 0 Å². The van der Waals surface area contributed by atoms with E-state index < -0.39 is 0 Å². The highest BCUT2D eigenvalue weighted by molar-refractivity contribution is 5.94. The Bertz CT molecular complexity index is 789. The lowest BCUT2D eigenvalue weighted by atomic mass is 9.97. The van der Waals surface area contributed by atoms with Crippen LogP contribution in [-0.4, -0.2) is 49.2 Å². The Morgan fingerprint density at radius 2 is 1.96 bits per heavy atom. The number of piperidine rings is 1. The number of carbonyl (C=O) groups excluding carboxylic acids is 1. The average Bonchev–Trinajstić information content (AvgIpc) is 2.77. The maximum Gasteiger partial charge on any atom is 0.251 e. The number of nitrogens with zero attached hydrogens (tertiary/aromatic N) is 1. The number of rotatable bonds is 7. The monoisotopic (exact) mass is 382 g/mol. The molecule has 1 aliphatic heterocycles. The van der Waals surface area contributed by atoms with Gasteiger partial charge in [0.25, 0.3) is 5.91 Å². The highest BCUT2D eigenvalue weighted by Crippen LogP contribution is 2.27. The predicted octanol–water partition coefficient (Wildman–Crippen LogP) is 3.32. The molecule has 1 saturated heterocycles. The van der Waals surface area contributed by atoms with Crippen LogP contribution in [0.1, 0.15) is 35.7 Å². The van der Waals surface area contributed by atoms with Crippen LogP contribution >= 0.6 is 0 Å². The van der Waals surface area contributed by atoms with Gasteiger partial charge in [-0.25, -0.2) is 0 Å². The Kier molecular flexibility index (Phi) is 7.06. The third-order valence-corrected chi connectivity index (χ3v) is 5.53. The van der Waals surface area contributed by atoms with Crippen LogP contribution < -0.4 is 10.1 Å². The summed E-state index contributed by atoms with van der Waals surface area (Å²) in [5, 5.41) is 12.6. The molecule has 1 aliphatic rings. The largest absolute Gasteiger partial charge is 0.496 e. The van der Waals surface area contributed by atoms with Gasteiger partial charge in [0.15, 0.2) is 0 Å². The molecular weight excluding hydrogens is 352 g/mol. The molecule has 1 amide bonds. The average molecular weight is 383 g/mol. The second-order valence-electron chi connectivity index (χ2n) is 7.37. The number of likely N-dealkylation sites (tertiary alicyclic amines) is 1. The van der Waals surface area contributed by atoms with Crippen LogP contribution in [0.2, 0.25) is 0 Å². The molecule has 0 spiro atoms. The number of benzene rings is 2. The highest BCUT2D eigenvalue weighted by Gasteiger charge is 2.19. The Hall–Kier alpha value is -2.37. The van der Waals surface area contributed by atoms with Gasteiger partial charge >= 0.3 is 0 Å². The molecule has 1 unspecified atom stereocenters. The Balaban J connectivity index is 1.61. The van der Waals surface area contributed by atoms with Gasteiger partial charge in [0.2, 0.25) is 0 Å². The van der Waals surface area contributed by atoms with Crippen molar-refractivity contribution in [1.82, 2.24) is 10.2 Å². The summed E-state index contributed by atoms with van der Waals surface area (Å²) in [4.78, 5) is 14.9. The van der Waals surface area contributed by atoms with E-state index in [4.69, 9.17) is 4.74 Å². The fraction of sp³-hybridized carbons (Fsp3) is 0.435. The lowest BCUT2D eigenvalue weighted by Gasteiger charge is -2.31. The number of hydrogen-bond donors (Lipinski definition) is 2. The van der Waals surface area contributed by atoms with Gasteiger partial charge in [0.05, 0.1) is 13.7 Å². The summed E-state index contributed by atoms with van der Waals surface area (Å²) < 4.78 is 5.25. The zero-order chi connectivity index (χ0) is 19.9. The van der Waals surface area contributed by atoms with E-state index in [2.05, 4.69) is 17.1 Å². The number of ether oxygens (including phenoxy) is 1. The summed E-state index contributed by atoms with van der Waals surface area (Å²) in [6, 6.07) is 13.3. The molecule has 5 nitrogen and oxygen atoms in total. The van der Waals surface area contributed by atoms with Crippen molar-refractivity contribution in [2.75, 3.05) is 33.3 Å². The first-order valence-corrected chi connectivity index (χ1v) is 10.0. The van der Waals surface area contributed by atoms with Gasteiger partial charge in [-0.3, -0.25) is 4.79 Å². The Morgan fingerprint density at radius 1 is 1.21 bits per heavy atom. The molecule has 3 rings (SSSR count). The van der Waals surface area contributed by atoms with E-state index in [9.17, 15) is 9.90 Å². The molecule has 2 N–H and O–H groups in total. The van der Waals surface area contributed by atoms with Crippen molar-refractivity contribution in [1.29, 1.82) is 0 Å². The smallest absolute Gasteiger partial charge is 0.251 e. The minimum atomic E-state index is -0.0753. The molecule has 1 fully saturated rings. The quantitative estimate of drug-likeness (QED) is 0.771. The van der Waals surface area contributed by atoms with E-state index in [0.29, 0.717) is 17.2 Å². The molecule has 0 bridgehead atoms. The first-order valence-electron chi connectivity index (χ1n) is 10.0. The summed E-state index contributed by atoms with van der Waals surface area (Å²) in [6.45, 7) is 6.17. The Morgan fingerprint density at radius 3 is 2.64 bits per heavy atom. The summed E-state index contributed by atoms with van der Waals surface area (Å²) >= 11 is 0. The number of amides is 1. The second kappa shape index (κ2) is 9.71. The topological polar surface area (TPSA) is 61.8 Å². The molecular formula is C23H30N2O3. The van der Waals surface area contributed by atoms with E-state index in [1.165, 1.54) is 19.4 Å². The van der Waals surface area contributed by atoms with Crippen LogP contribution in [0.4, 0.5) is 0 Å². The van der Waals surface area contributed by atoms with Crippen LogP contribution in [0, 0.1) is 5.92 Å². The van der Waals surface area contributed by atoms with Crippen LogP contribution in [-0.2, 0) is 6.61 Å². The van der Waals surface area contributed by atoms with Gasteiger partial charge in [-0.2, -0.15) is 0 Å². The molecule has 28 heavy (non-hydrogen) atoms. The highest BCUT2D eigenvalue weighted by atomic mass is 16.5. The summed E-state index contributed by atoms with van der Waals surface area (Å²) in [5.74, 6) is 1.19. The third-order valence-electron chi connectivity index (χ3n) is 5.53. The van der Waals surface area contributed by atoms with Crippen molar-refractivity contribution >= 4 is 5.91 Å². The standard InChI is InChI=1S/C23H30N2O3/c1-3-25-12-4-5-17(15-25)14-24-23(27)19-8-6-18(7-9-19)20-10-11-22(28-2)21(13-20)16-26/h6-11,13,17,26H,3-5,12,14-16H2,1-2H3,(H,24,27). The SMILES string of the molecule is CCN1CCCC(CNC(=O)c2ccc(-c3ccc(OC)c(CO)c3)cc2)C1. The molecule has 0 aromatic heterocycles. The molecule has 2 aromatic carbocycles. The normalized spacial score (nSPS) is 17.3. The van der Waals surface area contributed by atoms with E-state index in [1.54, 1.807) is 7.11 Å². The molecule has 1 heterocycles. The van der Waals surface area contributed by atoms with Gasteiger partial charge in [-0.15, -0.1) is 0 Å². The maximum absolute atomic E-state index is 12.5. The van der Waals surface area contributed by atoms with Gasteiger partial charge in [0.1, 0.15) is 5.75 Å². The van der Waals surface area contributed by atoms with E-state index in [1.807, 2.05) is 42.5 Å². The van der Waals surface area contributed by atoms with Crippen molar-refractivity contribution in [3.8, 4) is 16.9 Å². The molecule has 0 saturated carbocycles. The van der Waals surface area contributed by atoms with Crippen LogP contribution in [0.15, 0.2) is 42.5 Å². The fourth-order valence-electron chi connectivity index (χ4n) is 3.84. The second-order valence-corrected chi connectivity index (χ2v) is 7.37. The van der Waals surface area contributed by atoms with Crippen molar-refractivity contribution < 1.29 is 14.6 Å². The lowest BCUT2D eigenvalue weighted by Crippen LogP contribution is -2.40. The van der Waals surface area contributed by atoms with Crippen LogP contribution in [0.25, 0.3) is 11.1 Å². The van der Waals surface area contributed by atoms with E-state index in [0.717, 1.165) is 36.3 Å². The van der Waals surface area contributed by atoms with Crippen molar-refractivity contribution in [2.24, 2.45) is 5.92 Å².